The van der Waals surface area contributed by atoms with E-state index in [0.717, 1.165) is 57.9 Å². The third-order valence-corrected chi connectivity index (χ3v) is 4.81. The fraction of sp³-hybridized carbons (Fsp3) is 0.667. The molecule has 0 radical (unpaired) electrons. The Labute approximate surface area is 134 Å². The van der Waals surface area contributed by atoms with Crippen molar-refractivity contribution >= 4 is 5.69 Å². The van der Waals surface area contributed by atoms with Crippen LogP contribution in [-0.2, 0) is 6.42 Å². The first-order valence-electron chi connectivity index (χ1n) is 8.80. The Morgan fingerprint density at radius 1 is 1.05 bits per heavy atom. The number of ether oxygens (including phenoxy) is 1. The lowest BCUT2D eigenvalue weighted by Crippen LogP contribution is -2.46. The summed E-state index contributed by atoms with van der Waals surface area (Å²) in [6.07, 6.45) is 5.94. The van der Waals surface area contributed by atoms with Gasteiger partial charge >= 0.3 is 0 Å². The van der Waals surface area contributed by atoms with E-state index in [2.05, 4.69) is 28.0 Å². The largest absolute Gasteiger partial charge is 0.493 e. The summed E-state index contributed by atoms with van der Waals surface area (Å²) in [7, 11) is 0. The summed E-state index contributed by atoms with van der Waals surface area (Å²) < 4.78 is 5.83. The quantitative estimate of drug-likeness (QED) is 0.847. The Morgan fingerprint density at radius 3 is 2.73 bits per heavy atom. The number of rotatable bonds is 5. The van der Waals surface area contributed by atoms with Gasteiger partial charge in [-0.1, -0.05) is 0 Å². The minimum Gasteiger partial charge on any atom is -0.493 e. The number of benzene rings is 1. The third kappa shape index (κ3) is 3.93. The summed E-state index contributed by atoms with van der Waals surface area (Å²) in [5, 5.41) is 0. The average Bonchev–Trinajstić information content (AvgIpc) is 2.80. The molecule has 1 aromatic rings. The molecule has 1 aromatic carbocycles. The maximum atomic E-state index is 5.83. The standard InChI is InChI=1S/C18H29N3O/c19-8-2-3-9-20-10-12-21(13-11-20)17-6-7-18-16(15-17)5-1-4-14-22-18/h6-7,15H,1-5,8-14,19H2. The van der Waals surface area contributed by atoms with Crippen LogP contribution in [0.25, 0.3) is 0 Å². The molecule has 1 saturated heterocycles. The van der Waals surface area contributed by atoms with Gasteiger partial charge in [0.05, 0.1) is 6.61 Å². The normalized spacial score (nSPS) is 19.4. The molecule has 4 nitrogen and oxygen atoms in total. The van der Waals surface area contributed by atoms with Crippen molar-refractivity contribution < 1.29 is 4.74 Å². The number of aryl methyl sites for hydroxylation is 1. The number of anilines is 1. The number of hydrogen-bond acceptors (Lipinski definition) is 4. The zero-order chi connectivity index (χ0) is 15.2. The summed E-state index contributed by atoms with van der Waals surface area (Å²) >= 11 is 0. The van der Waals surface area contributed by atoms with Crippen LogP contribution < -0.4 is 15.4 Å². The monoisotopic (exact) mass is 303 g/mol. The van der Waals surface area contributed by atoms with E-state index in [1.54, 1.807) is 0 Å². The third-order valence-electron chi connectivity index (χ3n) is 4.81. The number of nitrogens with zero attached hydrogens (tertiary/aromatic N) is 2. The summed E-state index contributed by atoms with van der Waals surface area (Å²) in [6, 6.07) is 6.75. The summed E-state index contributed by atoms with van der Waals surface area (Å²) in [5.41, 5.74) is 8.33. The molecule has 22 heavy (non-hydrogen) atoms. The van der Waals surface area contributed by atoms with Gasteiger partial charge in [-0.15, -0.1) is 0 Å². The molecule has 2 aliphatic rings. The lowest BCUT2D eigenvalue weighted by molar-refractivity contribution is 0.253. The minimum atomic E-state index is 0.817. The molecule has 1 fully saturated rings. The van der Waals surface area contributed by atoms with Crippen molar-refractivity contribution in [1.82, 2.24) is 4.90 Å². The highest BCUT2D eigenvalue weighted by molar-refractivity contribution is 5.53. The van der Waals surface area contributed by atoms with Crippen LogP contribution in [0.3, 0.4) is 0 Å². The van der Waals surface area contributed by atoms with E-state index in [0.29, 0.717) is 0 Å². The molecule has 0 atom stereocenters. The molecule has 2 heterocycles. The maximum absolute atomic E-state index is 5.83. The van der Waals surface area contributed by atoms with E-state index in [1.807, 2.05) is 0 Å². The SMILES string of the molecule is NCCCCN1CCN(c2ccc3c(c2)CCCCO3)CC1. The minimum absolute atomic E-state index is 0.817. The molecule has 2 N–H and O–H groups in total. The van der Waals surface area contributed by atoms with Crippen LogP contribution in [0.2, 0.25) is 0 Å². The van der Waals surface area contributed by atoms with E-state index in [4.69, 9.17) is 10.5 Å². The first kappa shape index (κ1) is 15.6. The van der Waals surface area contributed by atoms with E-state index < -0.39 is 0 Å². The van der Waals surface area contributed by atoms with Crippen molar-refractivity contribution in [3.05, 3.63) is 23.8 Å². The molecule has 3 rings (SSSR count). The summed E-state index contributed by atoms with van der Waals surface area (Å²) in [5.74, 6) is 1.10. The number of nitrogens with two attached hydrogens (primary N) is 1. The van der Waals surface area contributed by atoms with Crippen LogP contribution in [0.5, 0.6) is 5.75 Å². The van der Waals surface area contributed by atoms with Gasteiger partial charge in [0, 0.05) is 31.9 Å². The van der Waals surface area contributed by atoms with Gasteiger partial charge in [0.1, 0.15) is 5.75 Å². The first-order valence-corrected chi connectivity index (χ1v) is 8.80. The van der Waals surface area contributed by atoms with Crippen molar-refractivity contribution in [2.45, 2.75) is 32.1 Å². The van der Waals surface area contributed by atoms with Gasteiger partial charge in [0.15, 0.2) is 0 Å². The lowest BCUT2D eigenvalue weighted by atomic mass is 10.1. The van der Waals surface area contributed by atoms with Crippen molar-refractivity contribution in [2.24, 2.45) is 5.73 Å². The Morgan fingerprint density at radius 2 is 1.91 bits per heavy atom. The fourth-order valence-corrected chi connectivity index (χ4v) is 3.41. The summed E-state index contributed by atoms with van der Waals surface area (Å²) in [6.45, 7) is 7.47. The number of unbranched alkanes of at least 4 members (excludes halogenated alkanes) is 1. The predicted octanol–water partition coefficient (Wildman–Crippen LogP) is 2.26. The molecule has 4 heteroatoms. The van der Waals surface area contributed by atoms with E-state index in [9.17, 15) is 0 Å². The molecule has 0 aliphatic carbocycles. The van der Waals surface area contributed by atoms with Crippen molar-refractivity contribution in [2.75, 3.05) is 50.8 Å². The first-order chi connectivity index (χ1) is 10.9. The van der Waals surface area contributed by atoms with Crippen molar-refractivity contribution in [3.8, 4) is 5.75 Å². The molecule has 0 bridgehead atoms. The predicted molar refractivity (Wildman–Crippen MR) is 91.8 cm³/mol. The second-order valence-corrected chi connectivity index (χ2v) is 6.42. The maximum Gasteiger partial charge on any atom is 0.122 e. The number of fused-ring (bicyclic) bond motifs is 1. The van der Waals surface area contributed by atoms with E-state index >= 15 is 0 Å². The molecular weight excluding hydrogens is 274 g/mol. The second-order valence-electron chi connectivity index (χ2n) is 6.42. The molecule has 0 saturated carbocycles. The smallest absolute Gasteiger partial charge is 0.122 e. The topological polar surface area (TPSA) is 41.7 Å². The second kappa shape index (κ2) is 7.84. The molecule has 0 unspecified atom stereocenters. The fourth-order valence-electron chi connectivity index (χ4n) is 3.41. The number of piperazine rings is 1. The Bertz CT molecular complexity index is 469. The molecule has 2 aliphatic heterocycles. The van der Waals surface area contributed by atoms with Crippen molar-refractivity contribution in [3.63, 3.8) is 0 Å². The Balaban J connectivity index is 1.56. The van der Waals surface area contributed by atoms with Crippen LogP contribution in [0.15, 0.2) is 18.2 Å². The van der Waals surface area contributed by atoms with Gasteiger partial charge in [-0.2, -0.15) is 0 Å². The lowest BCUT2D eigenvalue weighted by Gasteiger charge is -2.36. The van der Waals surface area contributed by atoms with Gasteiger partial charge in [-0.3, -0.25) is 4.90 Å². The van der Waals surface area contributed by atoms with Crippen LogP contribution in [0.1, 0.15) is 31.2 Å². The highest BCUT2D eigenvalue weighted by Crippen LogP contribution is 2.29. The molecule has 122 valence electrons. The zero-order valence-electron chi connectivity index (χ0n) is 13.6. The van der Waals surface area contributed by atoms with Crippen LogP contribution >= 0.6 is 0 Å². The van der Waals surface area contributed by atoms with Gasteiger partial charge in [0.2, 0.25) is 0 Å². The van der Waals surface area contributed by atoms with Gasteiger partial charge in [0.25, 0.3) is 0 Å². The van der Waals surface area contributed by atoms with Gasteiger partial charge < -0.3 is 15.4 Å². The Hall–Kier alpha value is -1.26. The molecule has 0 aromatic heterocycles. The molecule has 0 amide bonds. The Kier molecular flexibility index (Phi) is 5.57. The van der Waals surface area contributed by atoms with Crippen LogP contribution in [-0.4, -0.2) is 50.8 Å². The van der Waals surface area contributed by atoms with Crippen molar-refractivity contribution in [1.29, 1.82) is 0 Å². The number of hydrogen-bond donors (Lipinski definition) is 1. The highest BCUT2D eigenvalue weighted by Gasteiger charge is 2.18. The van der Waals surface area contributed by atoms with Gasteiger partial charge in [-0.05, 0) is 69.0 Å². The molecule has 0 spiro atoms. The summed E-state index contributed by atoms with van der Waals surface area (Å²) in [4.78, 5) is 5.09. The zero-order valence-corrected chi connectivity index (χ0v) is 13.6. The van der Waals surface area contributed by atoms with Crippen LogP contribution in [0.4, 0.5) is 5.69 Å². The van der Waals surface area contributed by atoms with E-state index in [-0.39, 0.29) is 0 Å². The highest BCUT2D eigenvalue weighted by atomic mass is 16.5. The van der Waals surface area contributed by atoms with E-state index in [1.165, 1.54) is 37.1 Å². The average molecular weight is 303 g/mol. The van der Waals surface area contributed by atoms with Crippen LogP contribution in [0, 0.1) is 0 Å². The van der Waals surface area contributed by atoms with Gasteiger partial charge in [-0.25, -0.2) is 0 Å². The molecular formula is C18H29N3O.